The summed E-state index contributed by atoms with van der Waals surface area (Å²) in [5.74, 6) is 1.59. The van der Waals surface area contributed by atoms with Gasteiger partial charge in [-0.15, -0.1) is 0 Å². The molecule has 0 bridgehead atoms. The third-order valence-corrected chi connectivity index (χ3v) is 3.76. The number of halogens is 1. The maximum atomic E-state index is 6.01. The van der Waals surface area contributed by atoms with Gasteiger partial charge in [0.05, 0.1) is 0 Å². The third kappa shape index (κ3) is 2.36. The molecule has 1 heterocycles. The van der Waals surface area contributed by atoms with Crippen molar-refractivity contribution in [2.45, 2.75) is 24.8 Å². The molecular weight excluding hydrogens is 246 g/mol. The molecule has 0 saturated heterocycles. The van der Waals surface area contributed by atoms with Crippen LogP contribution in [0.2, 0.25) is 5.02 Å². The summed E-state index contributed by atoms with van der Waals surface area (Å²) < 4.78 is 1.81. The van der Waals surface area contributed by atoms with E-state index in [1.54, 1.807) is 0 Å². The monoisotopic (exact) mass is 261 g/mol. The lowest BCUT2D eigenvalue weighted by molar-refractivity contribution is 0.373. The summed E-state index contributed by atoms with van der Waals surface area (Å²) in [6, 6.07) is 10.7. The Morgan fingerprint density at radius 1 is 1.33 bits per heavy atom. The Hall–Kier alpha value is -1.48. The lowest BCUT2D eigenvalue weighted by Crippen LogP contribution is -2.34. The van der Waals surface area contributed by atoms with Gasteiger partial charge in [0.25, 0.3) is 0 Å². The van der Waals surface area contributed by atoms with E-state index in [9.17, 15) is 0 Å². The zero-order valence-electron chi connectivity index (χ0n) is 10.3. The first-order valence-electron chi connectivity index (χ1n) is 6.22. The molecule has 0 aliphatic heterocycles. The van der Waals surface area contributed by atoms with E-state index in [0.717, 1.165) is 23.7 Å². The van der Waals surface area contributed by atoms with E-state index < -0.39 is 0 Å². The van der Waals surface area contributed by atoms with Gasteiger partial charge in [0.1, 0.15) is 5.82 Å². The Morgan fingerprint density at radius 3 is 2.83 bits per heavy atom. The first-order valence-corrected chi connectivity index (χ1v) is 6.60. The van der Waals surface area contributed by atoms with Crippen molar-refractivity contribution < 1.29 is 0 Å². The van der Waals surface area contributed by atoms with Crippen LogP contribution in [0.25, 0.3) is 0 Å². The molecule has 1 N–H and O–H groups in total. The van der Waals surface area contributed by atoms with Gasteiger partial charge in [-0.05, 0) is 36.5 Å². The van der Waals surface area contributed by atoms with E-state index >= 15 is 0 Å². The molecule has 1 fully saturated rings. The van der Waals surface area contributed by atoms with Crippen molar-refractivity contribution in [1.29, 1.82) is 0 Å². The standard InChI is InChI=1S/C14H16ClN3/c1-18-6-5-14(17-18)16-13-8-11(9-13)10-3-2-4-12(15)7-10/h2-7,11,13H,8-9H2,1H3,(H,16,17). The summed E-state index contributed by atoms with van der Waals surface area (Å²) >= 11 is 6.01. The van der Waals surface area contributed by atoms with Crippen LogP contribution in [-0.4, -0.2) is 15.8 Å². The first kappa shape index (κ1) is 11.6. The molecule has 3 rings (SSSR count). The molecule has 0 unspecified atom stereocenters. The van der Waals surface area contributed by atoms with Gasteiger partial charge in [-0.2, -0.15) is 5.10 Å². The highest BCUT2D eigenvalue weighted by atomic mass is 35.5. The second-order valence-corrected chi connectivity index (χ2v) is 5.38. The van der Waals surface area contributed by atoms with Crippen LogP contribution < -0.4 is 5.32 Å². The average molecular weight is 262 g/mol. The quantitative estimate of drug-likeness (QED) is 0.917. The van der Waals surface area contributed by atoms with Crippen LogP contribution in [0, 0.1) is 0 Å². The molecule has 94 valence electrons. The number of hydrogen-bond acceptors (Lipinski definition) is 2. The number of aromatic nitrogens is 2. The number of benzene rings is 1. The highest BCUT2D eigenvalue weighted by molar-refractivity contribution is 6.30. The van der Waals surface area contributed by atoms with Crippen LogP contribution in [0.4, 0.5) is 5.82 Å². The Balaban J connectivity index is 1.57. The van der Waals surface area contributed by atoms with Crippen molar-refractivity contribution in [3.8, 4) is 0 Å². The number of rotatable bonds is 3. The lowest BCUT2D eigenvalue weighted by atomic mass is 9.76. The molecule has 1 saturated carbocycles. The second-order valence-electron chi connectivity index (χ2n) is 4.94. The van der Waals surface area contributed by atoms with Gasteiger partial charge in [0.15, 0.2) is 0 Å². The Kier molecular flexibility index (Phi) is 3.00. The molecule has 2 aromatic rings. The first-order chi connectivity index (χ1) is 8.70. The predicted octanol–water partition coefficient (Wildman–Crippen LogP) is 3.43. The Morgan fingerprint density at radius 2 is 2.17 bits per heavy atom. The number of anilines is 1. The average Bonchev–Trinajstić information content (AvgIpc) is 2.69. The lowest BCUT2D eigenvalue weighted by Gasteiger charge is -2.36. The Labute approximate surface area is 112 Å². The van der Waals surface area contributed by atoms with Gasteiger partial charge < -0.3 is 5.32 Å². The summed E-state index contributed by atoms with van der Waals surface area (Å²) in [7, 11) is 1.93. The fourth-order valence-corrected chi connectivity index (χ4v) is 2.67. The highest BCUT2D eigenvalue weighted by Crippen LogP contribution is 2.38. The number of hydrogen-bond donors (Lipinski definition) is 1. The van der Waals surface area contributed by atoms with E-state index in [4.69, 9.17) is 11.6 Å². The van der Waals surface area contributed by atoms with Crippen molar-refractivity contribution in [2.24, 2.45) is 7.05 Å². The Bertz CT molecular complexity index is 543. The molecule has 18 heavy (non-hydrogen) atoms. The van der Waals surface area contributed by atoms with Gasteiger partial charge in [-0.1, -0.05) is 23.7 Å². The third-order valence-electron chi connectivity index (χ3n) is 3.52. The van der Waals surface area contributed by atoms with Gasteiger partial charge in [0, 0.05) is 30.4 Å². The summed E-state index contributed by atoms with van der Waals surface area (Å²) in [6.45, 7) is 0. The van der Waals surface area contributed by atoms with Crippen molar-refractivity contribution in [3.05, 3.63) is 47.1 Å². The largest absolute Gasteiger partial charge is 0.366 e. The minimum absolute atomic E-state index is 0.531. The SMILES string of the molecule is Cn1ccc(NC2CC(c3cccc(Cl)c3)C2)n1. The molecule has 0 atom stereocenters. The fourth-order valence-electron chi connectivity index (χ4n) is 2.47. The van der Waals surface area contributed by atoms with Crippen LogP contribution in [0.3, 0.4) is 0 Å². The van der Waals surface area contributed by atoms with E-state index in [-0.39, 0.29) is 0 Å². The zero-order chi connectivity index (χ0) is 12.5. The van der Waals surface area contributed by atoms with Crippen LogP contribution in [0.15, 0.2) is 36.5 Å². The topological polar surface area (TPSA) is 29.9 Å². The maximum Gasteiger partial charge on any atom is 0.148 e. The minimum atomic E-state index is 0.531. The molecule has 1 aromatic carbocycles. The molecule has 0 spiro atoms. The predicted molar refractivity (Wildman–Crippen MR) is 74.0 cm³/mol. The summed E-state index contributed by atoms with van der Waals surface area (Å²) in [5, 5.41) is 8.60. The summed E-state index contributed by atoms with van der Waals surface area (Å²) in [5.41, 5.74) is 1.35. The van der Waals surface area contributed by atoms with E-state index in [1.165, 1.54) is 5.56 Å². The maximum absolute atomic E-state index is 6.01. The molecule has 0 amide bonds. The van der Waals surface area contributed by atoms with Crippen LogP contribution in [-0.2, 0) is 7.05 Å². The van der Waals surface area contributed by atoms with E-state index in [2.05, 4.69) is 22.5 Å². The molecule has 4 heteroatoms. The van der Waals surface area contributed by atoms with Crippen molar-refractivity contribution in [3.63, 3.8) is 0 Å². The van der Waals surface area contributed by atoms with Crippen LogP contribution >= 0.6 is 11.6 Å². The smallest absolute Gasteiger partial charge is 0.148 e. The van der Waals surface area contributed by atoms with Gasteiger partial charge in [-0.3, -0.25) is 4.68 Å². The molecule has 1 aromatic heterocycles. The zero-order valence-corrected chi connectivity index (χ0v) is 11.1. The fraction of sp³-hybridized carbons (Fsp3) is 0.357. The second kappa shape index (κ2) is 4.65. The molecular formula is C14H16ClN3. The van der Waals surface area contributed by atoms with E-state index in [1.807, 2.05) is 36.1 Å². The van der Waals surface area contributed by atoms with Gasteiger partial charge in [0.2, 0.25) is 0 Å². The highest BCUT2D eigenvalue weighted by Gasteiger charge is 2.30. The van der Waals surface area contributed by atoms with Gasteiger partial charge >= 0.3 is 0 Å². The molecule has 0 radical (unpaired) electrons. The van der Waals surface area contributed by atoms with Crippen LogP contribution in [0.1, 0.15) is 24.3 Å². The van der Waals surface area contributed by atoms with Crippen molar-refractivity contribution >= 4 is 17.4 Å². The van der Waals surface area contributed by atoms with Gasteiger partial charge in [-0.25, -0.2) is 0 Å². The minimum Gasteiger partial charge on any atom is -0.366 e. The van der Waals surface area contributed by atoms with Crippen molar-refractivity contribution in [1.82, 2.24) is 9.78 Å². The van der Waals surface area contributed by atoms with Crippen LogP contribution in [0.5, 0.6) is 0 Å². The molecule has 1 aliphatic rings. The summed E-state index contributed by atoms with van der Waals surface area (Å²) in [6.07, 6.45) is 4.25. The van der Waals surface area contributed by atoms with E-state index in [0.29, 0.717) is 12.0 Å². The number of nitrogens with one attached hydrogen (secondary N) is 1. The van der Waals surface area contributed by atoms with Crippen molar-refractivity contribution in [2.75, 3.05) is 5.32 Å². The summed E-state index contributed by atoms with van der Waals surface area (Å²) in [4.78, 5) is 0. The molecule has 3 nitrogen and oxygen atoms in total. The number of nitrogens with zero attached hydrogens (tertiary/aromatic N) is 2. The molecule has 1 aliphatic carbocycles. The normalized spacial score (nSPS) is 22.6. The number of aryl methyl sites for hydroxylation is 1.